The summed E-state index contributed by atoms with van der Waals surface area (Å²) in [5, 5.41) is 4.86. The summed E-state index contributed by atoms with van der Waals surface area (Å²) >= 11 is 0. The fraction of sp³-hybridized carbons (Fsp3) is 0.438. The molecule has 0 aliphatic rings. The highest BCUT2D eigenvalue weighted by Crippen LogP contribution is 2.27. The van der Waals surface area contributed by atoms with Crippen molar-refractivity contribution in [2.45, 2.75) is 46.1 Å². The lowest BCUT2D eigenvalue weighted by molar-refractivity contribution is 0.511. The smallest absolute Gasteiger partial charge is 0.0725 e. The predicted molar refractivity (Wildman–Crippen MR) is 79.1 cm³/mol. The van der Waals surface area contributed by atoms with E-state index in [0.29, 0.717) is 0 Å². The van der Waals surface area contributed by atoms with Crippen molar-refractivity contribution >= 4 is 16.6 Å². The highest BCUT2D eigenvalue weighted by atomic mass is 15.0. The Bertz CT molecular complexity index is 544. The van der Waals surface area contributed by atoms with Gasteiger partial charge in [0.25, 0.3) is 0 Å². The van der Waals surface area contributed by atoms with Crippen LogP contribution < -0.4 is 5.32 Å². The summed E-state index contributed by atoms with van der Waals surface area (Å²) in [6.45, 7) is 8.77. The third-order valence-corrected chi connectivity index (χ3v) is 3.19. The molecular formula is C16H22N2. The maximum atomic E-state index is 4.57. The molecule has 0 atom stereocenters. The Labute approximate surface area is 109 Å². The number of hydrogen-bond donors (Lipinski definition) is 1. The van der Waals surface area contributed by atoms with Crippen LogP contribution in [0.25, 0.3) is 10.9 Å². The van der Waals surface area contributed by atoms with E-state index in [-0.39, 0.29) is 5.54 Å². The van der Waals surface area contributed by atoms with Gasteiger partial charge in [-0.05, 0) is 39.3 Å². The van der Waals surface area contributed by atoms with Crippen LogP contribution in [-0.4, -0.2) is 10.5 Å². The monoisotopic (exact) mass is 242 g/mol. The van der Waals surface area contributed by atoms with Gasteiger partial charge in [0.15, 0.2) is 0 Å². The first-order chi connectivity index (χ1) is 8.52. The molecule has 2 nitrogen and oxygen atoms in total. The van der Waals surface area contributed by atoms with Crippen LogP contribution in [0.2, 0.25) is 0 Å². The highest BCUT2D eigenvalue weighted by molar-refractivity contribution is 5.91. The zero-order chi connectivity index (χ0) is 13.2. The molecule has 0 spiro atoms. The molecule has 96 valence electrons. The van der Waals surface area contributed by atoms with Gasteiger partial charge in [-0.1, -0.05) is 31.5 Å². The minimum atomic E-state index is 0.116. The summed E-state index contributed by atoms with van der Waals surface area (Å²) < 4.78 is 0. The van der Waals surface area contributed by atoms with E-state index in [4.69, 9.17) is 0 Å². The molecule has 1 heterocycles. The Balaban J connectivity index is 2.44. The van der Waals surface area contributed by atoms with Gasteiger partial charge >= 0.3 is 0 Å². The minimum Gasteiger partial charge on any atom is -0.380 e. The van der Waals surface area contributed by atoms with Gasteiger partial charge in [-0.15, -0.1) is 0 Å². The predicted octanol–water partition coefficient (Wildman–Crippen LogP) is 4.53. The Kier molecular flexibility index (Phi) is 3.55. The molecular weight excluding hydrogens is 220 g/mol. The second-order valence-corrected chi connectivity index (χ2v) is 5.59. The molecule has 0 fully saturated rings. The summed E-state index contributed by atoms with van der Waals surface area (Å²) in [6, 6.07) is 10.4. The van der Waals surface area contributed by atoms with E-state index in [0.717, 1.165) is 17.6 Å². The van der Waals surface area contributed by atoms with Crippen molar-refractivity contribution in [3.8, 4) is 0 Å². The lowest BCUT2D eigenvalue weighted by Crippen LogP contribution is -2.30. The van der Waals surface area contributed by atoms with Gasteiger partial charge in [-0.25, -0.2) is 0 Å². The van der Waals surface area contributed by atoms with Crippen LogP contribution in [0.4, 0.5) is 5.69 Å². The maximum absolute atomic E-state index is 4.57. The van der Waals surface area contributed by atoms with Crippen molar-refractivity contribution in [3.63, 3.8) is 0 Å². The van der Waals surface area contributed by atoms with Gasteiger partial charge in [0.2, 0.25) is 0 Å². The first kappa shape index (κ1) is 12.9. The van der Waals surface area contributed by atoms with E-state index in [9.17, 15) is 0 Å². The van der Waals surface area contributed by atoms with Crippen molar-refractivity contribution in [2.24, 2.45) is 0 Å². The van der Waals surface area contributed by atoms with Gasteiger partial charge in [0.1, 0.15) is 0 Å². The number of nitrogens with zero attached hydrogens (tertiary/aromatic N) is 1. The Morgan fingerprint density at radius 3 is 2.67 bits per heavy atom. The van der Waals surface area contributed by atoms with Crippen LogP contribution in [0, 0.1) is 6.92 Å². The average molecular weight is 242 g/mol. The summed E-state index contributed by atoms with van der Waals surface area (Å²) in [7, 11) is 0. The van der Waals surface area contributed by atoms with E-state index < -0.39 is 0 Å². The fourth-order valence-corrected chi connectivity index (χ4v) is 2.46. The van der Waals surface area contributed by atoms with E-state index in [2.05, 4.69) is 55.3 Å². The summed E-state index contributed by atoms with van der Waals surface area (Å²) in [6.07, 6.45) is 2.34. The molecule has 2 rings (SSSR count). The summed E-state index contributed by atoms with van der Waals surface area (Å²) in [5.74, 6) is 0. The van der Waals surface area contributed by atoms with Crippen molar-refractivity contribution in [1.82, 2.24) is 4.98 Å². The van der Waals surface area contributed by atoms with E-state index in [1.165, 1.54) is 17.5 Å². The van der Waals surface area contributed by atoms with Crippen molar-refractivity contribution in [1.29, 1.82) is 0 Å². The SMILES string of the molecule is CCCC(C)(C)Nc1cc(C)nc2ccccc12. The van der Waals surface area contributed by atoms with E-state index >= 15 is 0 Å². The molecule has 0 aliphatic heterocycles. The highest BCUT2D eigenvalue weighted by Gasteiger charge is 2.17. The Morgan fingerprint density at radius 2 is 1.94 bits per heavy atom. The summed E-state index contributed by atoms with van der Waals surface area (Å²) in [5.41, 5.74) is 3.43. The molecule has 0 saturated heterocycles. The third kappa shape index (κ3) is 2.81. The molecule has 0 radical (unpaired) electrons. The zero-order valence-corrected chi connectivity index (χ0v) is 11.7. The molecule has 0 unspecified atom stereocenters. The molecule has 0 bridgehead atoms. The second kappa shape index (κ2) is 4.97. The van der Waals surface area contributed by atoms with Crippen LogP contribution in [0.1, 0.15) is 39.3 Å². The average Bonchev–Trinajstić information content (AvgIpc) is 2.28. The molecule has 2 heteroatoms. The molecule has 2 aromatic rings. The topological polar surface area (TPSA) is 24.9 Å². The van der Waals surface area contributed by atoms with Crippen LogP contribution in [0.3, 0.4) is 0 Å². The molecule has 1 N–H and O–H groups in total. The van der Waals surface area contributed by atoms with Gasteiger partial charge in [-0.3, -0.25) is 4.98 Å². The maximum Gasteiger partial charge on any atom is 0.0725 e. The molecule has 18 heavy (non-hydrogen) atoms. The molecule has 0 saturated carbocycles. The number of benzene rings is 1. The van der Waals surface area contributed by atoms with Crippen LogP contribution >= 0.6 is 0 Å². The number of aromatic nitrogens is 1. The van der Waals surface area contributed by atoms with Gasteiger partial charge in [-0.2, -0.15) is 0 Å². The Hall–Kier alpha value is -1.57. The molecule has 1 aromatic carbocycles. The van der Waals surface area contributed by atoms with E-state index in [1.54, 1.807) is 0 Å². The molecule has 0 aliphatic carbocycles. The number of rotatable bonds is 4. The fourth-order valence-electron chi connectivity index (χ4n) is 2.46. The zero-order valence-electron chi connectivity index (χ0n) is 11.7. The quantitative estimate of drug-likeness (QED) is 0.851. The number of anilines is 1. The lowest BCUT2D eigenvalue weighted by atomic mass is 9.98. The first-order valence-electron chi connectivity index (χ1n) is 6.66. The largest absolute Gasteiger partial charge is 0.380 e. The summed E-state index contributed by atoms with van der Waals surface area (Å²) in [4.78, 5) is 4.57. The Morgan fingerprint density at radius 1 is 1.22 bits per heavy atom. The first-order valence-corrected chi connectivity index (χ1v) is 6.66. The minimum absolute atomic E-state index is 0.116. The molecule has 0 amide bonds. The molecule has 1 aromatic heterocycles. The van der Waals surface area contributed by atoms with Gasteiger partial charge in [0, 0.05) is 22.3 Å². The second-order valence-electron chi connectivity index (χ2n) is 5.59. The van der Waals surface area contributed by atoms with Crippen LogP contribution in [-0.2, 0) is 0 Å². The number of nitrogens with one attached hydrogen (secondary N) is 1. The lowest BCUT2D eigenvalue weighted by Gasteiger charge is -2.28. The third-order valence-electron chi connectivity index (χ3n) is 3.19. The van der Waals surface area contributed by atoms with Crippen LogP contribution in [0.15, 0.2) is 30.3 Å². The number of fused-ring (bicyclic) bond motifs is 1. The normalized spacial score (nSPS) is 11.8. The van der Waals surface area contributed by atoms with Gasteiger partial charge < -0.3 is 5.32 Å². The number of hydrogen-bond acceptors (Lipinski definition) is 2. The number of pyridine rings is 1. The standard InChI is InChI=1S/C16H22N2/c1-5-10-16(3,4)18-15-11-12(2)17-14-9-7-6-8-13(14)15/h6-9,11H,5,10H2,1-4H3,(H,17,18). The van der Waals surface area contributed by atoms with Crippen molar-refractivity contribution in [3.05, 3.63) is 36.0 Å². The number of aryl methyl sites for hydroxylation is 1. The van der Waals surface area contributed by atoms with E-state index in [1.807, 2.05) is 13.0 Å². The number of para-hydroxylation sites is 1. The van der Waals surface area contributed by atoms with Crippen molar-refractivity contribution < 1.29 is 0 Å². The van der Waals surface area contributed by atoms with Crippen molar-refractivity contribution in [2.75, 3.05) is 5.32 Å². The van der Waals surface area contributed by atoms with Crippen LogP contribution in [0.5, 0.6) is 0 Å². The van der Waals surface area contributed by atoms with Gasteiger partial charge in [0.05, 0.1) is 5.52 Å².